The van der Waals surface area contributed by atoms with Crippen LogP contribution in [-0.4, -0.2) is 21.2 Å². The lowest BCUT2D eigenvalue weighted by atomic mass is 10.1. The first-order valence-corrected chi connectivity index (χ1v) is 7.68. The molecule has 112 valence electrons. The number of rotatable bonds is 5. The van der Waals surface area contributed by atoms with Crippen LogP contribution in [0.2, 0.25) is 0 Å². The minimum absolute atomic E-state index is 0.229. The van der Waals surface area contributed by atoms with Crippen molar-refractivity contribution in [2.24, 2.45) is 0 Å². The van der Waals surface area contributed by atoms with Crippen LogP contribution in [0.15, 0.2) is 46.9 Å². The molecule has 1 N–H and O–H groups in total. The topological polar surface area (TPSA) is 24.5 Å². The average molecular weight is 349 g/mol. The van der Waals surface area contributed by atoms with E-state index in [1.807, 2.05) is 32.3 Å². The molecule has 0 aliphatic rings. The molecule has 0 aromatic heterocycles. The summed E-state index contributed by atoms with van der Waals surface area (Å²) < 4.78 is 6.28. The number of methoxy groups -OCH3 is 1. The Bertz CT molecular complexity index is 596. The first-order valence-electron chi connectivity index (χ1n) is 6.88. The Hall–Kier alpha value is -1.68. The normalized spacial score (nSPS) is 11.9. The van der Waals surface area contributed by atoms with Crippen LogP contribution in [-0.2, 0) is 0 Å². The molecule has 1 atom stereocenters. The summed E-state index contributed by atoms with van der Waals surface area (Å²) in [5.74, 6) is 0.829. The summed E-state index contributed by atoms with van der Waals surface area (Å²) >= 11 is 3.47. The fraction of sp³-hybridized carbons (Fsp3) is 0.294. The van der Waals surface area contributed by atoms with Gasteiger partial charge in [0, 0.05) is 37.6 Å². The monoisotopic (exact) mass is 348 g/mol. The maximum atomic E-state index is 5.32. The Morgan fingerprint density at radius 2 is 1.76 bits per heavy atom. The Morgan fingerprint density at radius 1 is 1.10 bits per heavy atom. The molecule has 21 heavy (non-hydrogen) atoms. The van der Waals surface area contributed by atoms with E-state index in [1.165, 1.54) is 11.3 Å². The minimum Gasteiger partial charge on any atom is -0.495 e. The lowest BCUT2D eigenvalue weighted by molar-refractivity contribution is 0.412. The molecule has 0 aliphatic heterocycles. The van der Waals surface area contributed by atoms with Gasteiger partial charge in [0.2, 0.25) is 0 Å². The maximum absolute atomic E-state index is 5.32. The first-order chi connectivity index (χ1) is 10.0. The van der Waals surface area contributed by atoms with Crippen LogP contribution in [0.3, 0.4) is 0 Å². The summed E-state index contributed by atoms with van der Waals surface area (Å²) in [5, 5.41) is 3.49. The average Bonchev–Trinajstić information content (AvgIpc) is 2.49. The predicted octanol–water partition coefficient (Wildman–Crippen LogP) is 4.70. The molecule has 0 bridgehead atoms. The van der Waals surface area contributed by atoms with Crippen LogP contribution in [0.1, 0.15) is 18.5 Å². The molecule has 0 fully saturated rings. The highest BCUT2D eigenvalue weighted by Crippen LogP contribution is 2.30. The fourth-order valence-electron chi connectivity index (χ4n) is 2.14. The zero-order valence-electron chi connectivity index (χ0n) is 12.9. The van der Waals surface area contributed by atoms with Gasteiger partial charge in [0.05, 0.1) is 11.6 Å². The van der Waals surface area contributed by atoms with E-state index in [1.54, 1.807) is 7.11 Å². The lowest BCUT2D eigenvalue weighted by Gasteiger charge is -2.18. The van der Waals surface area contributed by atoms with Crippen LogP contribution in [0, 0.1) is 0 Å². The van der Waals surface area contributed by atoms with Crippen LogP contribution >= 0.6 is 15.9 Å². The Labute approximate surface area is 135 Å². The Balaban J connectivity index is 2.12. The van der Waals surface area contributed by atoms with Crippen molar-refractivity contribution in [3.8, 4) is 5.75 Å². The SMILES string of the molecule is COc1cc(NC(C)c2ccc(N(C)C)cc2)ccc1Br. The second-order valence-electron chi connectivity index (χ2n) is 5.20. The molecule has 0 aliphatic carbocycles. The molecule has 2 aromatic carbocycles. The van der Waals surface area contributed by atoms with E-state index in [2.05, 4.69) is 57.3 Å². The smallest absolute Gasteiger partial charge is 0.135 e. The van der Waals surface area contributed by atoms with Crippen molar-refractivity contribution in [1.29, 1.82) is 0 Å². The van der Waals surface area contributed by atoms with Crippen molar-refractivity contribution in [3.63, 3.8) is 0 Å². The first kappa shape index (κ1) is 15.7. The number of anilines is 2. The van der Waals surface area contributed by atoms with Gasteiger partial charge in [-0.2, -0.15) is 0 Å². The van der Waals surface area contributed by atoms with Crippen molar-refractivity contribution in [3.05, 3.63) is 52.5 Å². The molecule has 0 saturated carbocycles. The van der Waals surface area contributed by atoms with Crippen molar-refractivity contribution in [2.45, 2.75) is 13.0 Å². The summed E-state index contributed by atoms with van der Waals surface area (Å²) in [7, 11) is 5.77. The Kier molecular flexibility index (Phi) is 5.12. The van der Waals surface area contributed by atoms with E-state index in [-0.39, 0.29) is 6.04 Å². The highest BCUT2D eigenvalue weighted by atomic mass is 79.9. The van der Waals surface area contributed by atoms with Crippen LogP contribution in [0.5, 0.6) is 5.75 Å². The van der Waals surface area contributed by atoms with Crippen LogP contribution in [0.25, 0.3) is 0 Å². The number of hydrogen-bond acceptors (Lipinski definition) is 3. The van der Waals surface area contributed by atoms with Crippen molar-refractivity contribution in [1.82, 2.24) is 0 Å². The number of halogens is 1. The van der Waals surface area contributed by atoms with Crippen molar-refractivity contribution < 1.29 is 4.74 Å². The predicted molar refractivity (Wildman–Crippen MR) is 93.5 cm³/mol. The van der Waals surface area contributed by atoms with Crippen molar-refractivity contribution >= 4 is 27.3 Å². The van der Waals surface area contributed by atoms with E-state index < -0.39 is 0 Å². The standard InChI is InChI=1S/C17H21BrN2O/c1-12(13-5-8-15(9-6-13)20(2)3)19-14-7-10-16(18)17(11-14)21-4/h5-12,19H,1-4H3. The zero-order valence-corrected chi connectivity index (χ0v) is 14.4. The van der Waals surface area contributed by atoms with Gasteiger partial charge in [-0.05, 0) is 52.7 Å². The van der Waals surface area contributed by atoms with Crippen molar-refractivity contribution in [2.75, 3.05) is 31.4 Å². The third-order valence-corrected chi connectivity index (χ3v) is 4.10. The van der Waals surface area contributed by atoms with E-state index in [4.69, 9.17) is 4.74 Å². The molecule has 2 aromatic rings. The molecule has 0 heterocycles. The molecule has 0 saturated heterocycles. The molecule has 0 spiro atoms. The number of ether oxygens (including phenoxy) is 1. The summed E-state index contributed by atoms with van der Waals surface area (Å²) in [4.78, 5) is 2.10. The second-order valence-corrected chi connectivity index (χ2v) is 6.06. The third kappa shape index (κ3) is 3.91. The van der Waals surface area contributed by atoms with Gasteiger partial charge in [0.15, 0.2) is 0 Å². The molecular weight excluding hydrogens is 328 g/mol. The van der Waals surface area contributed by atoms with E-state index in [0.717, 1.165) is 15.9 Å². The molecule has 4 heteroatoms. The van der Waals surface area contributed by atoms with Gasteiger partial charge in [-0.15, -0.1) is 0 Å². The minimum atomic E-state index is 0.229. The zero-order chi connectivity index (χ0) is 15.4. The number of nitrogens with one attached hydrogen (secondary N) is 1. The lowest BCUT2D eigenvalue weighted by Crippen LogP contribution is -2.10. The molecule has 1 unspecified atom stereocenters. The van der Waals surface area contributed by atoms with Gasteiger partial charge in [0.25, 0.3) is 0 Å². The summed E-state index contributed by atoms with van der Waals surface area (Å²) in [6.45, 7) is 2.15. The van der Waals surface area contributed by atoms with E-state index in [9.17, 15) is 0 Å². The Morgan fingerprint density at radius 3 is 2.33 bits per heavy atom. The highest BCUT2D eigenvalue weighted by Gasteiger charge is 2.08. The summed E-state index contributed by atoms with van der Waals surface area (Å²) in [6, 6.07) is 14.8. The van der Waals surface area contributed by atoms with Gasteiger partial charge in [0.1, 0.15) is 5.75 Å². The van der Waals surface area contributed by atoms with Crippen LogP contribution < -0.4 is 15.0 Å². The van der Waals surface area contributed by atoms with Gasteiger partial charge in [-0.1, -0.05) is 12.1 Å². The van der Waals surface area contributed by atoms with Gasteiger partial charge >= 0.3 is 0 Å². The van der Waals surface area contributed by atoms with E-state index >= 15 is 0 Å². The number of benzene rings is 2. The molecule has 0 radical (unpaired) electrons. The van der Waals surface area contributed by atoms with Gasteiger partial charge in [-0.25, -0.2) is 0 Å². The molecular formula is C17H21BrN2O. The largest absolute Gasteiger partial charge is 0.495 e. The molecule has 3 nitrogen and oxygen atoms in total. The maximum Gasteiger partial charge on any atom is 0.135 e. The molecule has 0 amide bonds. The number of nitrogens with zero attached hydrogens (tertiary/aromatic N) is 1. The molecule has 2 rings (SSSR count). The van der Waals surface area contributed by atoms with Gasteiger partial charge < -0.3 is 15.0 Å². The van der Waals surface area contributed by atoms with Crippen LogP contribution in [0.4, 0.5) is 11.4 Å². The summed E-state index contributed by atoms with van der Waals surface area (Å²) in [6.07, 6.45) is 0. The quantitative estimate of drug-likeness (QED) is 0.847. The highest BCUT2D eigenvalue weighted by molar-refractivity contribution is 9.10. The van der Waals surface area contributed by atoms with Gasteiger partial charge in [-0.3, -0.25) is 0 Å². The van der Waals surface area contributed by atoms with E-state index in [0.29, 0.717) is 0 Å². The summed E-state index contributed by atoms with van der Waals surface area (Å²) in [5.41, 5.74) is 3.50. The number of hydrogen-bond donors (Lipinski definition) is 1. The fourth-order valence-corrected chi connectivity index (χ4v) is 2.55. The second kappa shape index (κ2) is 6.85. The third-order valence-electron chi connectivity index (χ3n) is 3.44.